The van der Waals surface area contributed by atoms with Crippen LogP contribution in [0.5, 0.6) is 0 Å². The monoisotopic (exact) mass is 380 g/mol. The van der Waals surface area contributed by atoms with Crippen LogP contribution in [0.25, 0.3) is 10.9 Å². The highest BCUT2D eigenvalue weighted by molar-refractivity contribution is 7.99. The SMILES string of the molecule is CC(Sc1nc2ccccc2c(=O)n1Cc1ccco1)c1ccc(F)cc1. The molecule has 1 atom stereocenters. The van der Waals surface area contributed by atoms with Crippen molar-refractivity contribution in [3.8, 4) is 0 Å². The van der Waals surface area contributed by atoms with Gasteiger partial charge in [-0.3, -0.25) is 9.36 Å². The zero-order valence-corrected chi connectivity index (χ0v) is 15.4. The predicted octanol–water partition coefficient (Wildman–Crippen LogP) is 5.03. The van der Waals surface area contributed by atoms with Crippen LogP contribution in [0.15, 0.2) is 81.3 Å². The van der Waals surface area contributed by atoms with Crippen LogP contribution >= 0.6 is 11.8 Å². The average Bonchev–Trinajstić information content (AvgIpc) is 3.18. The molecule has 27 heavy (non-hydrogen) atoms. The fourth-order valence-electron chi connectivity index (χ4n) is 2.90. The Balaban J connectivity index is 1.77. The minimum absolute atomic E-state index is 0.00140. The van der Waals surface area contributed by atoms with E-state index in [0.717, 1.165) is 5.56 Å². The molecule has 0 fully saturated rings. The summed E-state index contributed by atoms with van der Waals surface area (Å²) in [6, 6.07) is 17.3. The molecule has 4 nitrogen and oxygen atoms in total. The van der Waals surface area contributed by atoms with Gasteiger partial charge in [0.05, 0.1) is 23.7 Å². The first-order chi connectivity index (χ1) is 13.1. The van der Waals surface area contributed by atoms with E-state index >= 15 is 0 Å². The first kappa shape index (κ1) is 17.5. The minimum atomic E-state index is -0.269. The molecule has 1 unspecified atom stereocenters. The van der Waals surface area contributed by atoms with Crippen LogP contribution < -0.4 is 5.56 Å². The van der Waals surface area contributed by atoms with Crippen LogP contribution in [-0.4, -0.2) is 9.55 Å². The number of hydrogen-bond donors (Lipinski definition) is 0. The van der Waals surface area contributed by atoms with Gasteiger partial charge in [-0.05, 0) is 48.9 Å². The average molecular weight is 380 g/mol. The third kappa shape index (κ3) is 3.66. The van der Waals surface area contributed by atoms with E-state index in [1.807, 2.05) is 31.2 Å². The van der Waals surface area contributed by atoms with Gasteiger partial charge in [0.25, 0.3) is 5.56 Å². The Morgan fingerprint density at radius 1 is 1.11 bits per heavy atom. The van der Waals surface area contributed by atoms with Gasteiger partial charge in [-0.2, -0.15) is 0 Å². The molecule has 0 aliphatic rings. The van der Waals surface area contributed by atoms with E-state index in [2.05, 4.69) is 0 Å². The van der Waals surface area contributed by atoms with Crippen molar-refractivity contribution in [1.29, 1.82) is 0 Å². The van der Waals surface area contributed by atoms with Crippen LogP contribution in [0.1, 0.15) is 23.5 Å². The van der Waals surface area contributed by atoms with Gasteiger partial charge in [-0.15, -0.1) is 0 Å². The predicted molar refractivity (Wildman–Crippen MR) is 104 cm³/mol. The van der Waals surface area contributed by atoms with Crippen LogP contribution in [0, 0.1) is 5.82 Å². The van der Waals surface area contributed by atoms with Crippen LogP contribution in [0.2, 0.25) is 0 Å². The van der Waals surface area contributed by atoms with E-state index in [-0.39, 0.29) is 16.6 Å². The first-order valence-corrected chi connectivity index (χ1v) is 9.44. The topological polar surface area (TPSA) is 48.0 Å². The molecule has 6 heteroatoms. The number of para-hydroxylation sites is 1. The number of hydrogen-bond acceptors (Lipinski definition) is 4. The van der Waals surface area contributed by atoms with Gasteiger partial charge in [0, 0.05) is 5.25 Å². The van der Waals surface area contributed by atoms with E-state index in [0.29, 0.717) is 28.4 Å². The number of rotatable bonds is 5. The van der Waals surface area contributed by atoms with Gasteiger partial charge in [0.15, 0.2) is 5.16 Å². The molecular formula is C21H17FN2O2S. The number of thioether (sulfide) groups is 1. The van der Waals surface area contributed by atoms with Gasteiger partial charge >= 0.3 is 0 Å². The van der Waals surface area contributed by atoms with Crippen LogP contribution in [0.4, 0.5) is 4.39 Å². The lowest BCUT2D eigenvalue weighted by Crippen LogP contribution is -2.24. The van der Waals surface area contributed by atoms with Crippen molar-refractivity contribution in [3.05, 3.63) is 94.4 Å². The lowest BCUT2D eigenvalue weighted by molar-refractivity contribution is 0.476. The van der Waals surface area contributed by atoms with Crippen molar-refractivity contribution in [2.24, 2.45) is 0 Å². The van der Waals surface area contributed by atoms with Gasteiger partial charge in [-0.1, -0.05) is 36.0 Å². The Kier molecular flexibility index (Phi) is 4.81. The molecule has 0 aliphatic carbocycles. The third-order valence-electron chi connectivity index (χ3n) is 4.34. The Labute approximate surface area is 159 Å². The molecule has 0 amide bonds. The molecule has 0 radical (unpaired) electrons. The van der Waals surface area contributed by atoms with Gasteiger partial charge < -0.3 is 4.42 Å². The molecule has 0 aliphatic heterocycles. The Bertz CT molecular complexity index is 1120. The van der Waals surface area contributed by atoms with Crippen molar-refractivity contribution < 1.29 is 8.81 Å². The fraction of sp³-hybridized carbons (Fsp3) is 0.143. The zero-order valence-electron chi connectivity index (χ0n) is 14.6. The number of furan rings is 1. The maximum atomic E-state index is 13.2. The largest absolute Gasteiger partial charge is 0.467 e. The van der Waals surface area contributed by atoms with E-state index < -0.39 is 0 Å². The summed E-state index contributed by atoms with van der Waals surface area (Å²) >= 11 is 1.47. The summed E-state index contributed by atoms with van der Waals surface area (Å²) in [4.78, 5) is 17.8. The molecule has 136 valence electrons. The number of fused-ring (bicyclic) bond motifs is 1. The minimum Gasteiger partial charge on any atom is -0.467 e. The molecule has 0 spiro atoms. The molecule has 0 bridgehead atoms. The number of halogens is 1. The first-order valence-electron chi connectivity index (χ1n) is 8.56. The lowest BCUT2D eigenvalue weighted by Gasteiger charge is -2.16. The zero-order chi connectivity index (χ0) is 18.8. The molecule has 2 aromatic heterocycles. The summed E-state index contributed by atoms with van der Waals surface area (Å²) in [5.41, 5.74) is 1.52. The highest BCUT2D eigenvalue weighted by Gasteiger charge is 2.16. The highest BCUT2D eigenvalue weighted by atomic mass is 32.2. The number of nitrogens with zero attached hydrogens (tertiary/aromatic N) is 2. The molecule has 0 saturated carbocycles. The third-order valence-corrected chi connectivity index (χ3v) is 5.49. The standard InChI is InChI=1S/C21H17FN2O2S/c1-14(15-8-10-16(22)11-9-15)27-21-23-19-7-3-2-6-18(19)20(25)24(21)13-17-5-4-12-26-17/h2-12,14H,13H2,1H3. The second-order valence-corrected chi connectivity index (χ2v) is 7.50. The number of benzene rings is 2. The number of aromatic nitrogens is 2. The van der Waals surface area contributed by atoms with E-state index in [1.54, 1.807) is 35.1 Å². The van der Waals surface area contributed by atoms with Gasteiger partial charge in [-0.25, -0.2) is 9.37 Å². The van der Waals surface area contributed by atoms with Crippen molar-refractivity contribution in [2.45, 2.75) is 23.9 Å². The summed E-state index contributed by atoms with van der Waals surface area (Å²) < 4.78 is 20.3. The van der Waals surface area contributed by atoms with Crippen LogP contribution in [0.3, 0.4) is 0 Å². The maximum Gasteiger partial charge on any atom is 0.262 e. The quantitative estimate of drug-likeness (QED) is 0.360. The Morgan fingerprint density at radius 3 is 2.63 bits per heavy atom. The smallest absolute Gasteiger partial charge is 0.262 e. The van der Waals surface area contributed by atoms with Gasteiger partial charge in [0.2, 0.25) is 0 Å². The van der Waals surface area contributed by atoms with Crippen molar-refractivity contribution >= 4 is 22.7 Å². The second-order valence-electron chi connectivity index (χ2n) is 6.19. The van der Waals surface area contributed by atoms with Crippen molar-refractivity contribution in [1.82, 2.24) is 9.55 Å². The Morgan fingerprint density at radius 2 is 1.89 bits per heavy atom. The molecule has 0 saturated heterocycles. The van der Waals surface area contributed by atoms with Gasteiger partial charge in [0.1, 0.15) is 11.6 Å². The fourth-order valence-corrected chi connectivity index (χ4v) is 3.93. The van der Waals surface area contributed by atoms with Crippen molar-refractivity contribution in [2.75, 3.05) is 0 Å². The molecule has 4 rings (SSSR count). The molecule has 4 aromatic rings. The normalized spacial score (nSPS) is 12.4. The van der Waals surface area contributed by atoms with E-state index in [9.17, 15) is 9.18 Å². The summed E-state index contributed by atoms with van der Waals surface area (Å²) in [7, 11) is 0. The van der Waals surface area contributed by atoms with Crippen LogP contribution in [-0.2, 0) is 6.54 Å². The molecular weight excluding hydrogens is 363 g/mol. The Hall–Kier alpha value is -2.86. The summed E-state index contributed by atoms with van der Waals surface area (Å²) in [5, 5.41) is 1.18. The molecule has 0 N–H and O–H groups in total. The summed E-state index contributed by atoms with van der Waals surface area (Å²) in [5.74, 6) is 0.417. The molecule has 2 aromatic carbocycles. The molecule has 2 heterocycles. The summed E-state index contributed by atoms with van der Waals surface area (Å²) in [6.45, 7) is 2.32. The summed E-state index contributed by atoms with van der Waals surface area (Å²) in [6.07, 6.45) is 1.59. The second kappa shape index (κ2) is 7.40. The highest BCUT2D eigenvalue weighted by Crippen LogP contribution is 2.34. The van der Waals surface area contributed by atoms with Crippen molar-refractivity contribution in [3.63, 3.8) is 0 Å². The van der Waals surface area contributed by atoms with E-state index in [4.69, 9.17) is 9.40 Å². The maximum absolute atomic E-state index is 13.2. The van der Waals surface area contributed by atoms with E-state index in [1.165, 1.54) is 23.9 Å². The lowest BCUT2D eigenvalue weighted by atomic mass is 10.2.